The largest absolute Gasteiger partial charge is 0.507 e. The van der Waals surface area contributed by atoms with Gasteiger partial charge in [0.25, 0.3) is 0 Å². The highest BCUT2D eigenvalue weighted by Gasteiger charge is 2.28. The Hall–Kier alpha value is -4.98. The molecule has 0 radical (unpaired) electrons. The molecule has 0 aliphatic heterocycles. The Labute approximate surface area is 316 Å². The number of carbonyl (C=O) groups is 2. The van der Waals surface area contributed by atoms with Gasteiger partial charge in [-0.3, -0.25) is 10.6 Å². The number of benzene rings is 4. The van der Waals surface area contributed by atoms with Crippen LogP contribution < -0.4 is 10.6 Å². The summed E-state index contributed by atoms with van der Waals surface area (Å²) < 4.78 is 11.1. The van der Waals surface area contributed by atoms with Crippen LogP contribution in [0.1, 0.15) is 128 Å². The van der Waals surface area contributed by atoms with Gasteiger partial charge in [-0.25, -0.2) is 9.59 Å². The van der Waals surface area contributed by atoms with Gasteiger partial charge in [-0.1, -0.05) is 107 Å². The number of hydrogen-bond donors (Lipinski definition) is 4. The third kappa shape index (κ3) is 11.0. The van der Waals surface area contributed by atoms with Gasteiger partial charge < -0.3 is 19.7 Å². The van der Waals surface area contributed by atoms with Crippen LogP contribution in [0, 0.1) is 0 Å². The number of rotatable bonds is 8. The molecule has 0 spiro atoms. The summed E-state index contributed by atoms with van der Waals surface area (Å²) >= 11 is 0. The van der Waals surface area contributed by atoms with E-state index in [1.807, 2.05) is 156 Å². The molecule has 0 saturated carbocycles. The topological polar surface area (TPSA) is 117 Å². The highest BCUT2D eigenvalue weighted by Crippen LogP contribution is 2.41. The smallest absolute Gasteiger partial charge is 0.411 e. The summed E-state index contributed by atoms with van der Waals surface area (Å²) in [5, 5.41) is 27.5. The van der Waals surface area contributed by atoms with Gasteiger partial charge in [-0.15, -0.1) is 0 Å². The number of amides is 2. The van der Waals surface area contributed by atoms with Crippen LogP contribution in [0.25, 0.3) is 0 Å². The summed E-state index contributed by atoms with van der Waals surface area (Å²) in [5.41, 5.74) is 7.14. The second-order valence-corrected chi connectivity index (χ2v) is 18.1. The number of phenols is 2. The van der Waals surface area contributed by atoms with Gasteiger partial charge in [0.05, 0.1) is 0 Å². The summed E-state index contributed by atoms with van der Waals surface area (Å²) in [6.45, 7) is 24.7. The first kappa shape index (κ1) is 40.8. The van der Waals surface area contributed by atoms with Crippen molar-refractivity contribution in [2.45, 2.75) is 124 Å². The van der Waals surface area contributed by atoms with Crippen LogP contribution in [0.3, 0.4) is 0 Å². The minimum Gasteiger partial charge on any atom is -0.507 e. The summed E-state index contributed by atoms with van der Waals surface area (Å²) in [7, 11) is 0. The number of nitrogens with one attached hydrogen (secondary N) is 2. The van der Waals surface area contributed by atoms with Crippen molar-refractivity contribution in [3.8, 4) is 11.5 Å². The van der Waals surface area contributed by atoms with E-state index in [1.54, 1.807) is 0 Å². The third-order valence-electron chi connectivity index (χ3n) is 9.12. The van der Waals surface area contributed by atoms with Crippen LogP contribution in [0.4, 0.5) is 21.0 Å². The van der Waals surface area contributed by atoms with Crippen LogP contribution in [0.15, 0.2) is 72.8 Å². The molecule has 0 atom stereocenters. The summed E-state index contributed by atoms with van der Waals surface area (Å²) in [5.74, 6) is 0.580. The van der Waals surface area contributed by atoms with Crippen molar-refractivity contribution in [2.75, 3.05) is 10.6 Å². The highest BCUT2D eigenvalue weighted by molar-refractivity contribution is 5.85. The first-order valence-corrected chi connectivity index (χ1v) is 18.2. The van der Waals surface area contributed by atoms with E-state index in [2.05, 4.69) is 10.6 Å². The standard InChI is InChI=1S/C45H58N2O6/c1-42(2,3)34-22-30(23-35(38(34)48)43(4,5)6)26-52-40(50)46-32-17-13-28(14-18-32)21-29-15-19-33(20-16-29)47-41(51)53-27-31-24-36(44(7,8)9)39(49)37(25-31)45(10,11)12/h13-20,22-25,48-49H,21,26-27H2,1-12H3,(H,46,50)(H,47,51). The monoisotopic (exact) mass is 722 g/mol. The number of hydrogen-bond acceptors (Lipinski definition) is 6. The maximum atomic E-state index is 12.7. The lowest BCUT2D eigenvalue weighted by Crippen LogP contribution is -2.19. The minimum absolute atomic E-state index is 0.0773. The molecule has 0 aliphatic carbocycles. The van der Waals surface area contributed by atoms with Gasteiger partial charge in [0.2, 0.25) is 0 Å². The van der Waals surface area contributed by atoms with E-state index in [4.69, 9.17) is 9.47 Å². The lowest BCUT2D eigenvalue weighted by molar-refractivity contribution is 0.154. The third-order valence-corrected chi connectivity index (χ3v) is 9.12. The lowest BCUT2D eigenvalue weighted by Gasteiger charge is -2.28. The number of phenolic OH excluding ortho intramolecular Hbond substituents is 2. The van der Waals surface area contributed by atoms with Gasteiger partial charge in [0.15, 0.2) is 0 Å². The van der Waals surface area contributed by atoms with Crippen molar-refractivity contribution < 1.29 is 29.3 Å². The van der Waals surface area contributed by atoms with E-state index in [-0.39, 0.29) is 34.9 Å². The molecule has 8 nitrogen and oxygen atoms in total. The van der Waals surface area contributed by atoms with E-state index >= 15 is 0 Å². The first-order valence-electron chi connectivity index (χ1n) is 18.2. The van der Waals surface area contributed by atoms with Crippen LogP contribution >= 0.6 is 0 Å². The molecular formula is C45H58N2O6. The fourth-order valence-corrected chi connectivity index (χ4v) is 6.10. The number of ether oxygens (including phenoxy) is 2. The molecule has 0 fully saturated rings. The SMILES string of the molecule is CC(C)(C)c1cc(COC(=O)Nc2ccc(Cc3ccc(NC(=O)OCc4cc(C(C)(C)C)c(O)c(C(C)(C)C)c4)cc3)cc2)cc(C(C)(C)C)c1O. The Morgan fingerprint density at radius 1 is 0.472 bits per heavy atom. The molecule has 0 heterocycles. The first-order chi connectivity index (χ1) is 24.4. The zero-order chi connectivity index (χ0) is 39.5. The normalized spacial score (nSPS) is 12.3. The van der Waals surface area contributed by atoms with E-state index < -0.39 is 12.2 Å². The van der Waals surface area contributed by atoms with Gasteiger partial charge >= 0.3 is 12.2 Å². The van der Waals surface area contributed by atoms with Crippen molar-refractivity contribution >= 4 is 23.6 Å². The summed E-state index contributed by atoms with van der Waals surface area (Å²) in [4.78, 5) is 25.4. The molecule has 0 aromatic heterocycles. The van der Waals surface area contributed by atoms with Crippen molar-refractivity contribution in [1.29, 1.82) is 0 Å². The predicted molar refractivity (Wildman–Crippen MR) is 214 cm³/mol. The van der Waals surface area contributed by atoms with E-state index in [0.717, 1.165) is 44.5 Å². The van der Waals surface area contributed by atoms with E-state index in [9.17, 15) is 19.8 Å². The number of carbonyl (C=O) groups excluding carboxylic acids is 2. The molecule has 8 heteroatoms. The molecular weight excluding hydrogens is 665 g/mol. The Bertz CT molecular complexity index is 1710. The zero-order valence-corrected chi connectivity index (χ0v) is 33.6. The molecule has 0 saturated heterocycles. The average molecular weight is 723 g/mol. The Morgan fingerprint density at radius 3 is 0.981 bits per heavy atom. The summed E-state index contributed by atoms with van der Waals surface area (Å²) in [6.07, 6.45) is -0.459. The van der Waals surface area contributed by atoms with Crippen LogP contribution in [-0.2, 0) is 50.8 Å². The fourth-order valence-electron chi connectivity index (χ4n) is 6.10. The van der Waals surface area contributed by atoms with Crippen molar-refractivity contribution in [3.63, 3.8) is 0 Å². The second kappa shape index (κ2) is 15.6. The van der Waals surface area contributed by atoms with Crippen LogP contribution in [0.2, 0.25) is 0 Å². The van der Waals surface area contributed by atoms with Gasteiger partial charge in [0.1, 0.15) is 24.7 Å². The minimum atomic E-state index is -0.561. The lowest BCUT2D eigenvalue weighted by atomic mass is 9.78. The van der Waals surface area contributed by atoms with Crippen molar-refractivity contribution in [1.82, 2.24) is 0 Å². The highest BCUT2D eigenvalue weighted by atomic mass is 16.6. The molecule has 0 aliphatic rings. The van der Waals surface area contributed by atoms with Crippen molar-refractivity contribution in [3.05, 3.63) is 117 Å². The second-order valence-electron chi connectivity index (χ2n) is 18.1. The van der Waals surface area contributed by atoms with Crippen LogP contribution in [-0.4, -0.2) is 22.4 Å². The molecule has 4 aromatic rings. The summed E-state index contributed by atoms with van der Waals surface area (Å²) in [6, 6.07) is 22.8. The Morgan fingerprint density at radius 2 is 0.736 bits per heavy atom. The molecule has 4 N–H and O–H groups in total. The van der Waals surface area contributed by atoms with E-state index in [0.29, 0.717) is 29.3 Å². The molecule has 53 heavy (non-hydrogen) atoms. The fraction of sp³-hybridized carbons (Fsp3) is 0.422. The predicted octanol–water partition coefficient (Wildman–Crippen LogP) is 11.4. The number of aromatic hydroxyl groups is 2. The molecule has 0 unspecified atom stereocenters. The molecule has 2 amide bonds. The van der Waals surface area contributed by atoms with Gasteiger partial charge in [0, 0.05) is 11.4 Å². The average Bonchev–Trinajstić information content (AvgIpc) is 3.03. The van der Waals surface area contributed by atoms with Gasteiger partial charge in [-0.2, -0.15) is 0 Å². The van der Waals surface area contributed by atoms with Crippen molar-refractivity contribution in [2.24, 2.45) is 0 Å². The maximum absolute atomic E-state index is 12.7. The number of anilines is 2. The zero-order valence-electron chi connectivity index (χ0n) is 33.6. The molecule has 4 rings (SSSR count). The Kier molecular flexibility index (Phi) is 12.0. The molecule has 0 bridgehead atoms. The molecule has 284 valence electrons. The molecule has 4 aromatic carbocycles. The maximum Gasteiger partial charge on any atom is 0.411 e. The van der Waals surface area contributed by atoms with E-state index in [1.165, 1.54) is 0 Å². The quantitative estimate of drug-likeness (QED) is 0.144. The van der Waals surface area contributed by atoms with Gasteiger partial charge in [-0.05, 0) is 121 Å². The Balaban J connectivity index is 1.30. The van der Waals surface area contributed by atoms with Crippen LogP contribution in [0.5, 0.6) is 11.5 Å².